The highest BCUT2D eigenvalue weighted by atomic mass is 16.6. The van der Waals surface area contributed by atoms with Gasteiger partial charge in [-0.15, -0.1) is 0 Å². The molecule has 1 aliphatic heterocycles. The number of nitro benzene ring substituents is 1. The van der Waals surface area contributed by atoms with Crippen LogP contribution >= 0.6 is 0 Å². The maximum absolute atomic E-state index is 12.4. The molecule has 1 aromatic carbocycles. The van der Waals surface area contributed by atoms with Gasteiger partial charge >= 0.3 is 17.9 Å². The maximum Gasteiger partial charge on any atom is 0.324 e. The first kappa shape index (κ1) is 19.3. The molecular weight excluding hydrogens is 348 g/mol. The number of non-ortho nitro benzene ring substituents is 1. The van der Waals surface area contributed by atoms with Gasteiger partial charge in [-0.3, -0.25) is 29.8 Å². The number of nitrogens with zero attached hydrogens (tertiary/aromatic N) is 1. The summed E-state index contributed by atoms with van der Waals surface area (Å²) >= 11 is 0. The quantitative estimate of drug-likeness (QED) is 0.436. The van der Waals surface area contributed by atoms with Crippen LogP contribution in [-0.2, 0) is 23.9 Å². The third kappa shape index (κ3) is 3.10. The number of carboxylic acid groups (broad SMARTS) is 1. The van der Waals surface area contributed by atoms with Gasteiger partial charge in [0.05, 0.1) is 25.1 Å². The van der Waals surface area contributed by atoms with Gasteiger partial charge in [0.1, 0.15) is 11.5 Å². The Labute approximate surface area is 148 Å². The van der Waals surface area contributed by atoms with Crippen molar-refractivity contribution in [3.63, 3.8) is 0 Å². The fourth-order valence-corrected chi connectivity index (χ4v) is 3.29. The summed E-state index contributed by atoms with van der Waals surface area (Å²) in [5.74, 6) is -5.72. The third-order valence-electron chi connectivity index (χ3n) is 4.61. The predicted octanol–water partition coefficient (Wildman–Crippen LogP) is 0.661. The lowest BCUT2D eigenvalue weighted by Gasteiger charge is -2.26. The number of methoxy groups -OCH3 is 2. The van der Waals surface area contributed by atoms with Crippen LogP contribution in [0.3, 0.4) is 0 Å². The number of aliphatic carboxylic acids is 1. The molecule has 0 amide bonds. The Hall–Kier alpha value is -3.01. The molecule has 10 nitrogen and oxygen atoms in total. The Balaban J connectivity index is 2.62. The molecular formula is C16H18N2O8. The van der Waals surface area contributed by atoms with Crippen LogP contribution in [0.4, 0.5) is 5.69 Å². The summed E-state index contributed by atoms with van der Waals surface area (Å²) in [6.07, 6.45) is 0. The molecule has 2 N–H and O–H groups in total. The molecule has 1 fully saturated rings. The number of rotatable bonds is 5. The lowest BCUT2D eigenvalue weighted by molar-refractivity contribution is -0.384. The van der Waals surface area contributed by atoms with Gasteiger partial charge in [-0.2, -0.15) is 0 Å². The Bertz CT molecular complexity index is 764. The fraction of sp³-hybridized carbons (Fsp3) is 0.438. The van der Waals surface area contributed by atoms with Crippen LogP contribution in [0, 0.1) is 22.0 Å². The van der Waals surface area contributed by atoms with Gasteiger partial charge in [-0.1, -0.05) is 12.1 Å². The number of hydrogen-bond donors (Lipinski definition) is 2. The second-order valence-corrected chi connectivity index (χ2v) is 6.03. The van der Waals surface area contributed by atoms with Crippen LogP contribution in [0.5, 0.6) is 0 Å². The molecule has 4 atom stereocenters. The zero-order valence-electron chi connectivity index (χ0n) is 14.3. The molecule has 0 aromatic heterocycles. The number of nitro groups is 1. The largest absolute Gasteiger partial charge is 0.480 e. The van der Waals surface area contributed by atoms with E-state index >= 15 is 0 Å². The SMILES string of the molecule is COC(=O)[C@@H]1[C@@H](c2cccc([N+](=O)[O-])c2)NC(C)(C(=O)O)[C@H]1C(=O)OC. The predicted molar refractivity (Wildman–Crippen MR) is 86.0 cm³/mol. The molecule has 1 aromatic rings. The van der Waals surface area contributed by atoms with Gasteiger partial charge in [0.15, 0.2) is 0 Å². The van der Waals surface area contributed by atoms with Crippen molar-refractivity contribution in [2.45, 2.75) is 18.5 Å². The normalized spacial score (nSPS) is 27.6. The van der Waals surface area contributed by atoms with Crippen molar-refractivity contribution in [2.24, 2.45) is 11.8 Å². The van der Waals surface area contributed by atoms with E-state index in [2.05, 4.69) is 5.32 Å². The summed E-state index contributed by atoms with van der Waals surface area (Å²) in [6, 6.07) is 4.40. The Morgan fingerprint density at radius 3 is 2.35 bits per heavy atom. The lowest BCUT2D eigenvalue weighted by Crippen LogP contribution is -2.53. The highest BCUT2D eigenvalue weighted by Gasteiger charge is 2.62. The van der Waals surface area contributed by atoms with E-state index in [-0.39, 0.29) is 11.3 Å². The van der Waals surface area contributed by atoms with Crippen molar-refractivity contribution < 1.29 is 33.9 Å². The zero-order valence-corrected chi connectivity index (χ0v) is 14.3. The van der Waals surface area contributed by atoms with Crippen molar-refractivity contribution in [1.29, 1.82) is 0 Å². The van der Waals surface area contributed by atoms with Gasteiger partial charge < -0.3 is 14.6 Å². The van der Waals surface area contributed by atoms with E-state index in [0.717, 1.165) is 14.2 Å². The van der Waals surface area contributed by atoms with Crippen LogP contribution in [0.2, 0.25) is 0 Å². The molecule has 1 saturated heterocycles. The average molecular weight is 366 g/mol. The second kappa shape index (κ2) is 7.08. The molecule has 0 bridgehead atoms. The number of hydrogen-bond acceptors (Lipinski definition) is 8. The lowest BCUT2D eigenvalue weighted by atomic mass is 9.78. The van der Waals surface area contributed by atoms with E-state index in [1.807, 2.05) is 0 Å². The van der Waals surface area contributed by atoms with Gasteiger partial charge in [-0.25, -0.2) is 0 Å². The fourth-order valence-electron chi connectivity index (χ4n) is 3.29. The zero-order chi connectivity index (χ0) is 19.6. The minimum Gasteiger partial charge on any atom is -0.480 e. The summed E-state index contributed by atoms with van der Waals surface area (Å²) in [4.78, 5) is 46.9. The number of ether oxygens (including phenoxy) is 2. The van der Waals surface area contributed by atoms with Crippen LogP contribution in [0.15, 0.2) is 24.3 Å². The monoisotopic (exact) mass is 366 g/mol. The molecule has 10 heteroatoms. The van der Waals surface area contributed by atoms with E-state index in [1.165, 1.54) is 31.2 Å². The summed E-state index contributed by atoms with van der Waals surface area (Å²) < 4.78 is 9.44. The van der Waals surface area contributed by atoms with Crippen molar-refractivity contribution in [2.75, 3.05) is 14.2 Å². The molecule has 2 rings (SSSR count). The second-order valence-electron chi connectivity index (χ2n) is 6.03. The summed E-state index contributed by atoms with van der Waals surface area (Å²) in [5.41, 5.74) is -1.78. The molecule has 140 valence electrons. The Morgan fingerprint density at radius 1 is 1.23 bits per heavy atom. The van der Waals surface area contributed by atoms with Gasteiger partial charge in [-0.05, 0) is 12.5 Å². The number of carbonyl (C=O) groups excluding carboxylic acids is 2. The van der Waals surface area contributed by atoms with Gasteiger partial charge in [0, 0.05) is 18.2 Å². The number of nitrogens with one attached hydrogen (secondary N) is 1. The molecule has 1 aliphatic rings. The summed E-state index contributed by atoms with van der Waals surface area (Å²) in [7, 11) is 2.19. The van der Waals surface area contributed by atoms with E-state index in [9.17, 15) is 29.6 Å². The average Bonchev–Trinajstić information content (AvgIpc) is 2.95. The van der Waals surface area contributed by atoms with E-state index < -0.39 is 46.2 Å². The molecule has 0 aliphatic carbocycles. The summed E-state index contributed by atoms with van der Waals surface area (Å²) in [5, 5.41) is 23.4. The highest BCUT2D eigenvalue weighted by molar-refractivity contribution is 5.93. The number of carboxylic acids is 1. The van der Waals surface area contributed by atoms with E-state index in [1.54, 1.807) is 0 Å². The minimum atomic E-state index is -1.83. The molecule has 1 unspecified atom stereocenters. The number of esters is 2. The van der Waals surface area contributed by atoms with E-state index in [4.69, 9.17) is 9.47 Å². The Kier molecular flexibility index (Phi) is 5.26. The first-order valence-corrected chi connectivity index (χ1v) is 7.58. The highest BCUT2D eigenvalue weighted by Crippen LogP contribution is 2.44. The first-order valence-electron chi connectivity index (χ1n) is 7.58. The third-order valence-corrected chi connectivity index (χ3v) is 4.61. The van der Waals surface area contributed by atoms with Crippen LogP contribution < -0.4 is 5.32 Å². The molecule has 26 heavy (non-hydrogen) atoms. The van der Waals surface area contributed by atoms with Crippen molar-refractivity contribution in [1.82, 2.24) is 5.32 Å². The van der Waals surface area contributed by atoms with Crippen LogP contribution in [-0.4, -0.2) is 47.7 Å². The maximum atomic E-state index is 12.4. The molecule has 0 saturated carbocycles. The minimum absolute atomic E-state index is 0.230. The standard InChI is InChI=1S/C16H18N2O8/c1-16(15(21)22)11(14(20)26-3)10(13(19)25-2)12(17-16)8-5-4-6-9(7-8)18(23)24/h4-7,10-12,17H,1-3H3,(H,21,22)/t10-,11+,12+,16?/m0/s1. The first-order chi connectivity index (χ1) is 12.2. The molecule has 0 radical (unpaired) electrons. The molecule has 0 spiro atoms. The number of benzene rings is 1. The van der Waals surface area contributed by atoms with Crippen molar-refractivity contribution >= 4 is 23.6 Å². The van der Waals surface area contributed by atoms with Crippen molar-refractivity contribution in [3.05, 3.63) is 39.9 Å². The van der Waals surface area contributed by atoms with Crippen LogP contribution in [0.1, 0.15) is 18.5 Å². The molecule has 1 heterocycles. The smallest absolute Gasteiger partial charge is 0.324 e. The Morgan fingerprint density at radius 2 is 1.85 bits per heavy atom. The summed E-state index contributed by atoms with van der Waals surface area (Å²) in [6.45, 7) is 1.25. The van der Waals surface area contributed by atoms with Gasteiger partial charge in [0.25, 0.3) is 5.69 Å². The topological polar surface area (TPSA) is 145 Å². The van der Waals surface area contributed by atoms with Crippen LogP contribution in [0.25, 0.3) is 0 Å². The van der Waals surface area contributed by atoms with E-state index in [0.29, 0.717) is 0 Å². The van der Waals surface area contributed by atoms with Gasteiger partial charge in [0.2, 0.25) is 0 Å². The van der Waals surface area contributed by atoms with Crippen molar-refractivity contribution in [3.8, 4) is 0 Å². The number of carbonyl (C=O) groups is 3.